The molecular formula is C10H19NO4. The van der Waals surface area contributed by atoms with Crippen molar-refractivity contribution in [3.05, 3.63) is 0 Å². The van der Waals surface area contributed by atoms with E-state index in [2.05, 4.69) is 0 Å². The molecule has 15 heavy (non-hydrogen) atoms. The number of aliphatic hydroxyl groups is 1. The van der Waals surface area contributed by atoms with Crippen LogP contribution in [0.2, 0.25) is 0 Å². The second kappa shape index (κ2) is 4.92. The van der Waals surface area contributed by atoms with Crippen molar-refractivity contribution in [1.29, 1.82) is 0 Å². The van der Waals surface area contributed by atoms with Crippen molar-refractivity contribution >= 4 is 5.97 Å². The fourth-order valence-electron chi connectivity index (χ4n) is 1.33. The summed E-state index contributed by atoms with van der Waals surface area (Å²) in [6.07, 6.45) is 1.90. The molecule has 1 aliphatic heterocycles. The lowest BCUT2D eigenvalue weighted by Crippen LogP contribution is -2.50. The monoisotopic (exact) mass is 217 g/mol. The minimum atomic E-state index is -1.26. The Kier molecular flexibility index (Phi) is 4.07. The predicted octanol–water partition coefficient (Wildman–Crippen LogP) is -0.193. The topological polar surface area (TPSA) is 81.8 Å². The molecule has 1 heterocycles. The van der Waals surface area contributed by atoms with E-state index in [0.29, 0.717) is 0 Å². The normalized spacial score (nSPS) is 23.9. The highest BCUT2D eigenvalue weighted by molar-refractivity contribution is 5.76. The van der Waals surface area contributed by atoms with Crippen molar-refractivity contribution in [2.45, 2.75) is 44.4 Å². The molecule has 5 heteroatoms. The van der Waals surface area contributed by atoms with Crippen LogP contribution in [0.1, 0.15) is 26.7 Å². The summed E-state index contributed by atoms with van der Waals surface area (Å²) in [7, 11) is 0. The van der Waals surface area contributed by atoms with Gasteiger partial charge in [0.15, 0.2) is 0 Å². The molecule has 3 N–H and O–H groups in total. The van der Waals surface area contributed by atoms with Gasteiger partial charge in [-0.05, 0) is 26.7 Å². The summed E-state index contributed by atoms with van der Waals surface area (Å²) in [5.74, 6) is -0.585. The number of carbonyl (C=O) groups excluding carboxylic acids is 1. The minimum Gasteiger partial charge on any atom is -0.462 e. The molecule has 0 unspecified atom stereocenters. The maximum Gasteiger partial charge on any atom is 0.325 e. The first kappa shape index (κ1) is 12.4. The van der Waals surface area contributed by atoms with Crippen LogP contribution in [0.15, 0.2) is 0 Å². The van der Waals surface area contributed by atoms with Crippen molar-refractivity contribution in [3.8, 4) is 0 Å². The molecule has 1 aliphatic rings. The molecule has 0 amide bonds. The highest BCUT2D eigenvalue weighted by atomic mass is 16.6. The molecule has 1 rings (SSSR count). The largest absolute Gasteiger partial charge is 0.462 e. The lowest BCUT2D eigenvalue weighted by atomic mass is 10.0. The fourth-order valence-corrected chi connectivity index (χ4v) is 1.33. The van der Waals surface area contributed by atoms with Gasteiger partial charge < -0.3 is 20.3 Å². The maximum absolute atomic E-state index is 11.4. The van der Waals surface area contributed by atoms with Crippen molar-refractivity contribution in [3.63, 3.8) is 0 Å². The van der Waals surface area contributed by atoms with Gasteiger partial charge in [0.1, 0.15) is 12.6 Å². The van der Waals surface area contributed by atoms with Gasteiger partial charge in [0, 0.05) is 6.61 Å². The zero-order chi connectivity index (χ0) is 11.5. The van der Waals surface area contributed by atoms with E-state index in [0.717, 1.165) is 19.4 Å². The Hall–Kier alpha value is -0.650. The van der Waals surface area contributed by atoms with E-state index in [1.165, 1.54) is 13.8 Å². The van der Waals surface area contributed by atoms with E-state index in [1.807, 2.05) is 0 Å². The Bertz CT molecular complexity index is 218. The summed E-state index contributed by atoms with van der Waals surface area (Å²) in [6, 6.07) is -1.01. The highest BCUT2D eigenvalue weighted by Gasteiger charge is 2.31. The first-order valence-electron chi connectivity index (χ1n) is 5.17. The molecule has 0 radical (unpaired) electrons. The first-order valence-corrected chi connectivity index (χ1v) is 5.17. The standard InChI is InChI=1S/C10H19NO4/c1-10(2,13)8(11)9(12)15-6-7-4-3-5-14-7/h7-8,13H,3-6,11H2,1-2H3/t7-,8-/m1/s1. The van der Waals surface area contributed by atoms with Crippen LogP contribution in [0.5, 0.6) is 0 Å². The van der Waals surface area contributed by atoms with Gasteiger partial charge in [-0.15, -0.1) is 0 Å². The molecule has 0 aromatic rings. The third kappa shape index (κ3) is 3.77. The summed E-state index contributed by atoms with van der Waals surface area (Å²) in [6.45, 7) is 3.90. The fraction of sp³-hybridized carbons (Fsp3) is 0.900. The third-order valence-corrected chi connectivity index (χ3v) is 2.45. The number of hydrogen-bond donors (Lipinski definition) is 2. The van der Waals surface area contributed by atoms with Gasteiger partial charge >= 0.3 is 5.97 Å². The van der Waals surface area contributed by atoms with Gasteiger partial charge in [0.2, 0.25) is 0 Å². The van der Waals surface area contributed by atoms with Gasteiger partial charge in [-0.25, -0.2) is 0 Å². The SMILES string of the molecule is CC(C)(O)[C@H](N)C(=O)OC[C@H]1CCCO1. The van der Waals surface area contributed by atoms with E-state index in [4.69, 9.17) is 15.2 Å². The molecule has 0 spiro atoms. The van der Waals surface area contributed by atoms with Crippen LogP contribution in [0.4, 0.5) is 0 Å². The second-order valence-electron chi connectivity index (χ2n) is 4.40. The highest BCUT2D eigenvalue weighted by Crippen LogP contribution is 2.13. The molecular weight excluding hydrogens is 198 g/mol. The van der Waals surface area contributed by atoms with Crippen molar-refractivity contribution in [2.24, 2.45) is 5.73 Å². The zero-order valence-corrected chi connectivity index (χ0v) is 9.23. The molecule has 0 bridgehead atoms. The lowest BCUT2D eigenvalue weighted by molar-refractivity contribution is -0.153. The molecule has 2 atom stereocenters. The van der Waals surface area contributed by atoms with Gasteiger partial charge in [0.25, 0.3) is 0 Å². The number of esters is 1. The van der Waals surface area contributed by atoms with Gasteiger partial charge in [-0.3, -0.25) is 4.79 Å². The van der Waals surface area contributed by atoms with Crippen LogP contribution in [0.3, 0.4) is 0 Å². The Balaban J connectivity index is 2.29. The number of carbonyl (C=O) groups is 1. The third-order valence-electron chi connectivity index (χ3n) is 2.45. The smallest absolute Gasteiger partial charge is 0.325 e. The molecule has 1 fully saturated rings. The molecule has 0 aliphatic carbocycles. The Morgan fingerprint density at radius 2 is 2.40 bits per heavy atom. The Morgan fingerprint density at radius 3 is 2.87 bits per heavy atom. The molecule has 0 aromatic heterocycles. The number of rotatable bonds is 4. The average molecular weight is 217 g/mol. The number of nitrogens with two attached hydrogens (primary N) is 1. The van der Waals surface area contributed by atoms with E-state index in [-0.39, 0.29) is 12.7 Å². The van der Waals surface area contributed by atoms with Crippen molar-refractivity contribution in [1.82, 2.24) is 0 Å². The summed E-state index contributed by atoms with van der Waals surface area (Å²) in [4.78, 5) is 11.4. The van der Waals surface area contributed by atoms with Gasteiger partial charge in [-0.2, -0.15) is 0 Å². The minimum absolute atomic E-state index is 0.0112. The number of ether oxygens (including phenoxy) is 2. The lowest BCUT2D eigenvalue weighted by Gasteiger charge is -2.24. The van der Waals surface area contributed by atoms with Crippen LogP contribution >= 0.6 is 0 Å². The predicted molar refractivity (Wildman–Crippen MR) is 54.2 cm³/mol. The van der Waals surface area contributed by atoms with Gasteiger partial charge in [0.05, 0.1) is 11.7 Å². The van der Waals surface area contributed by atoms with Crippen LogP contribution in [-0.4, -0.2) is 42.0 Å². The van der Waals surface area contributed by atoms with Crippen molar-refractivity contribution < 1.29 is 19.4 Å². The molecule has 1 saturated heterocycles. The maximum atomic E-state index is 11.4. The van der Waals surface area contributed by atoms with Crippen LogP contribution in [-0.2, 0) is 14.3 Å². The van der Waals surface area contributed by atoms with Crippen LogP contribution in [0.25, 0.3) is 0 Å². The average Bonchev–Trinajstić information content (AvgIpc) is 2.63. The van der Waals surface area contributed by atoms with E-state index < -0.39 is 17.6 Å². The molecule has 88 valence electrons. The second-order valence-corrected chi connectivity index (χ2v) is 4.40. The summed E-state index contributed by atoms with van der Waals surface area (Å²) in [5.41, 5.74) is 4.26. The quantitative estimate of drug-likeness (QED) is 0.638. The summed E-state index contributed by atoms with van der Waals surface area (Å²) < 4.78 is 10.3. The molecule has 0 aromatic carbocycles. The summed E-state index contributed by atoms with van der Waals surface area (Å²) in [5, 5.41) is 9.49. The van der Waals surface area contributed by atoms with E-state index in [1.54, 1.807) is 0 Å². The molecule has 0 saturated carbocycles. The van der Waals surface area contributed by atoms with E-state index >= 15 is 0 Å². The van der Waals surface area contributed by atoms with E-state index in [9.17, 15) is 9.90 Å². The Morgan fingerprint density at radius 1 is 1.73 bits per heavy atom. The van der Waals surface area contributed by atoms with Crippen LogP contribution in [0, 0.1) is 0 Å². The molecule has 5 nitrogen and oxygen atoms in total. The van der Waals surface area contributed by atoms with Crippen LogP contribution < -0.4 is 5.73 Å². The van der Waals surface area contributed by atoms with Crippen molar-refractivity contribution in [2.75, 3.05) is 13.2 Å². The zero-order valence-electron chi connectivity index (χ0n) is 9.23. The van der Waals surface area contributed by atoms with Gasteiger partial charge in [-0.1, -0.05) is 0 Å². The first-order chi connectivity index (χ1) is 6.91. The number of hydrogen-bond acceptors (Lipinski definition) is 5. The summed E-state index contributed by atoms with van der Waals surface area (Å²) >= 11 is 0. The Labute approximate surface area is 89.5 Å².